The number of hydrogen-bond acceptors (Lipinski definition) is 5. The van der Waals surface area contributed by atoms with Gasteiger partial charge in [0.15, 0.2) is 0 Å². The molecule has 1 aromatic carbocycles. The van der Waals surface area contributed by atoms with Crippen molar-refractivity contribution >= 4 is 29.0 Å². The molecule has 0 atom stereocenters. The van der Waals surface area contributed by atoms with Gasteiger partial charge < -0.3 is 15.6 Å². The number of benzene rings is 1. The highest BCUT2D eigenvalue weighted by atomic mass is 32.1. The van der Waals surface area contributed by atoms with Gasteiger partial charge in [-0.1, -0.05) is 82.2 Å². The number of carboxylic acids is 1. The number of nitrogen functional groups attached to an aromatic ring is 1. The Labute approximate surface area is 176 Å². The van der Waals surface area contributed by atoms with Gasteiger partial charge in [0.2, 0.25) is 0 Å². The highest BCUT2D eigenvalue weighted by molar-refractivity contribution is 7.15. The van der Waals surface area contributed by atoms with Crippen molar-refractivity contribution in [2.24, 2.45) is 0 Å². The van der Waals surface area contributed by atoms with Crippen LogP contribution in [0.3, 0.4) is 0 Å². The molecule has 1 heterocycles. The van der Waals surface area contributed by atoms with Crippen molar-refractivity contribution in [3.05, 3.63) is 51.2 Å². The molecule has 0 aliphatic rings. The summed E-state index contributed by atoms with van der Waals surface area (Å²) in [6.45, 7) is 2.31. The Morgan fingerprint density at radius 2 is 1.62 bits per heavy atom. The number of aryl methyl sites for hydroxylation is 1. The lowest BCUT2D eigenvalue weighted by atomic mass is 10.1. The van der Waals surface area contributed by atoms with Crippen molar-refractivity contribution in [1.29, 1.82) is 0 Å². The zero-order valence-electron chi connectivity index (χ0n) is 17.1. The quantitative estimate of drug-likeness (QED) is 0.305. The van der Waals surface area contributed by atoms with Gasteiger partial charge >= 0.3 is 11.9 Å². The fourth-order valence-electron chi connectivity index (χ4n) is 3.24. The molecule has 0 aliphatic heterocycles. The first-order valence-corrected chi connectivity index (χ1v) is 11.2. The summed E-state index contributed by atoms with van der Waals surface area (Å²) < 4.78 is 5.32. The van der Waals surface area contributed by atoms with Gasteiger partial charge in [-0.15, -0.1) is 11.3 Å². The van der Waals surface area contributed by atoms with Crippen LogP contribution in [0.1, 0.15) is 88.8 Å². The van der Waals surface area contributed by atoms with E-state index in [1.54, 1.807) is 0 Å². The third-order valence-corrected chi connectivity index (χ3v) is 6.14. The van der Waals surface area contributed by atoms with E-state index in [-0.39, 0.29) is 22.7 Å². The summed E-state index contributed by atoms with van der Waals surface area (Å²) in [5.41, 5.74) is 7.00. The predicted octanol–water partition coefficient (Wildman–Crippen LogP) is 6.07. The number of carbonyl (C=O) groups excluding carboxylic acids is 1. The maximum Gasteiger partial charge on any atom is 0.349 e. The van der Waals surface area contributed by atoms with Gasteiger partial charge in [0.05, 0.1) is 5.69 Å². The molecule has 2 rings (SSSR count). The van der Waals surface area contributed by atoms with E-state index < -0.39 is 11.9 Å². The molecule has 0 aliphatic carbocycles. The molecule has 158 valence electrons. The van der Waals surface area contributed by atoms with E-state index >= 15 is 0 Å². The molecule has 0 spiro atoms. The molecule has 3 N–H and O–H groups in total. The number of nitrogens with two attached hydrogens (primary N) is 1. The second kappa shape index (κ2) is 12.3. The molecule has 0 saturated heterocycles. The van der Waals surface area contributed by atoms with Gasteiger partial charge in [0, 0.05) is 4.88 Å². The van der Waals surface area contributed by atoms with Crippen LogP contribution in [0.25, 0.3) is 0 Å². The van der Waals surface area contributed by atoms with Crippen LogP contribution in [0.15, 0.2) is 30.3 Å². The van der Waals surface area contributed by atoms with Gasteiger partial charge in [-0.3, -0.25) is 0 Å². The van der Waals surface area contributed by atoms with Crippen LogP contribution in [0, 0.1) is 0 Å². The van der Waals surface area contributed by atoms with Gasteiger partial charge in [-0.2, -0.15) is 0 Å². The normalized spacial score (nSPS) is 10.8. The van der Waals surface area contributed by atoms with Crippen LogP contribution in [0.5, 0.6) is 0 Å². The van der Waals surface area contributed by atoms with Crippen LogP contribution in [-0.2, 0) is 17.8 Å². The number of carbonyl (C=O) groups is 2. The van der Waals surface area contributed by atoms with E-state index in [9.17, 15) is 14.7 Å². The second-order valence-corrected chi connectivity index (χ2v) is 8.34. The predicted molar refractivity (Wildman–Crippen MR) is 118 cm³/mol. The Morgan fingerprint density at radius 3 is 2.24 bits per heavy atom. The molecule has 0 saturated carbocycles. The van der Waals surface area contributed by atoms with Crippen LogP contribution in [0.2, 0.25) is 0 Å². The Hall–Kier alpha value is -2.34. The third-order valence-electron chi connectivity index (χ3n) is 4.89. The molecule has 0 radical (unpaired) electrons. The Bertz CT molecular complexity index is 786. The summed E-state index contributed by atoms with van der Waals surface area (Å²) in [6.07, 6.45) is 10.2. The molecule has 0 amide bonds. The fourth-order valence-corrected chi connectivity index (χ4v) is 4.39. The average molecular weight is 418 g/mol. The minimum atomic E-state index is -1.19. The van der Waals surface area contributed by atoms with E-state index in [1.165, 1.54) is 38.5 Å². The first kappa shape index (κ1) is 22.9. The monoisotopic (exact) mass is 417 g/mol. The van der Waals surface area contributed by atoms with Gasteiger partial charge in [0.1, 0.15) is 17.0 Å². The molecular formula is C23H31NO4S. The molecule has 1 aromatic heterocycles. The van der Waals surface area contributed by atoms with Crippen LogP contribution in [-0.4, -0.2) is 17.0 Å². The lowest BCUT2D eigenvalue weighted by Gasteiger charge is -2.04. The largest absolute Gasteiger partial charge is 0.478 e. The molecule has 0 unspecified atom stereocenters. The van der Waals surface area contributed by atoms with Crippen LogP contribution < -0.4 is 5.73 Å². The zero-order chi connectivity index (χ0) is 21.1. The van der Waals surface area contributed by atoms with Gasteiger partial charge in [-0.25, -0.2) is 9.59 Å². The van der Waals surface area contributed by atoms with E-state index in [1.807, 2.05) is 30.3 Å². The van der Waals surface area contributed by atoms with Crippen molar-refractivity contribution in [1.82, 2.24) is 0 Å². The molecule has 0 fully saturated rings. The van der Waals surface area contributed by atoms with E-state index in [0.717, 1.165) is 34.6 Å². The topological polar surface area (TPSA) is 89.6 Å². The number of thiophene rings is 1. The molecule has 2 aromatic rings. The number of carboxylic acid groups (broad SMARTS) is 1. The standard InChI is InChI=1S/C23H31NO4S/c1-2-3-4-5-6-7-8-12-15-18-20(24)19(22(25)26)21(29-18)23(27)28-16-17-13-10-9-11-14-17/h9-11,13-14H,2-8,12,15-16,24H2,1H3,(H,25,26). The fraction of sp³-hybridized carbons (Fsp3) is 0.478. The summed E-state index contributed by atoms with van der Waals surface area (Å²) in [5, 5.41) is 9.53. The first-order valence-electron chi connectivity index (χ1n) is 10.4. The minimum absolute atomic E-state index is 0.0838. The number of hydrogen-bond donors (Lipinski definition) is 2. The number of rotatable bonds is 13. The highest BCUT2D eigenvalue weighted by Gasteiger charge is 2.26. The van der Waals surface area contributed by atoms with Crippen molar-refractivity contribution in [2.75, 3.05) is 5.73 Å². The van der Waals surface area contributed by atoms with Crippen molar-refractivity contribution in [3.63, 3.8) is 0 Å². The molecule has 29 heavy (non-hydrogen) atoms. The Kier molecular flexibility index (Phi) is 9.71. The van der Waals surface area contributed by atoms with E-state index in [4.69, 9.17) is 10.5 Å². The van der Waals surface area contributed by atoms with Crippen LogP contribution in [0.4, 0.5) is 5.69 Å². The van der Waals surface area contributed by atoms with E-state index in [0.29, 0.717) is 6.42 Å². The highest BCUT2D eigenvalue weighted by Crippen LogP contribution is 2.33. The molecule has 5 nitrogen and oxygen atoms in total. The molecule has 6 heteroatoms. The summed E-state index contributed by atoms with van der Waals surface area (Å²) >= 11 is 1.15. The zero-order valence-corrected chi connectivity index (χ0v) is 17.9. The summed E-state index contributed by atoms with van der Waals surface area (Å²) in [4.78, 5) is 25.0. The first-order chi connectivity index (χ1) is 14.0. The molecular weight excluding hydrogens is 386 g/mol. The van der Waals surface area contributed by atoms with Crippen molar-refractivity contribution in [3.8, 4) is 0 Å². The SMILES string of the molecule is CCCCCCCCCCc1sc(C(=O)OCc2ccccc2)c(C(=O)O)c1N. The number of anilines is 1. The maximum atomic E-state index is 12.5. The third kappa shape index (κ3) is 7.20. The van der Waals surface area contributed by atoms with Crippen LogP contribution >= 0.6 is 11.3 Å². The lowest BCUT2D eigenvalue weighted by molar-refractivity contribution is 0.0470. The summed E-state index contributed by atoms with van der Waals surface area (Å²) in [7, 11) is 0. The smallest absolute Gasteiger partial charge is 0.349 e. The molecule has 0 bridgehead atoms. The Balaban J connectivity index is 1.91. The van der Waals surface area contributed by atoms with Crippen molar-refractivity contribution < 1.29 is 19.4 Å². The number of ether oxygens (including phenoxy) is 1. The summed E-state index contributed by atoms with van der Waals surface area (Å²) in [6, 6.07) is 9.29. The Morgan fingerprint density at radius 1 is 1.00 bits per heavy atom. The van der Waals surface area contributed by atoms with Gasteiger partial charge in [-0.05, 0) is 18.4 Å². The number of aromatic carboxylic acids is 1. The average Bonchev–Trinajstić information content (AvgIpc) is 3.05. The number of esters is 1. The van der Waals surface area contributed by atoms with Gasteiger partial charge in [0.25, 0.3) is 0 Å². The summed E-state index contributed by atoms with van der Waals surface area (Å²) in [5.74, 6) is -1.82. The number of unbranched alkanes of at least 4 members (excludes halogenated alkanes) is 7. The minimum Gasteiger partial charge on any atom is -0.478 e. The van der Waals surface area contributed by atoms with E-state index in [2.05, 4.69) is 6.92 Å². The maximum absolute atomic E-state index is 12.5. The lowest BCUT2D eigenvalue weighted by Crippen LogP contribution is -2.10. The second-order valence-electron chi connectivity index (χ2n) is 7.23. The van der Waals surface area contributed by atoms with Crippen molar-refractivity contribution in [2.45, 2.75) is 71.3 Å².